The van der Waals surface area contributed by atoms with Gasteiger partial charge in [0.2, 0.25) is 5.91 Å². The maximum Gasteiger partial charge on any atom is 0.326 e. The number of amides is 1. The monoisotopic (exact) mass is 261 g/mol. The normalized spacial score (nSPS) is 12.5. The van der Waals surface area contributed by atoms with Crippen molar-refractivity contribution in [1.82, 2.24) is 5.32 Å². The molecule has 0 saturated carbocycles. The van der Waals surface area contributed by atoms with E-state index in [2.05, 4.69) is 12.2 Å². The Labute approximate surface area is 108 Å². The van der Waals surface area contributed by atoms with Crippen LogP contribution in [-0.2, 0) is 9.59 Å². The maximum absolute atomic E-state index is 11.5. The van der Waals surface area contributed by atoms with Crippen LogP contribution in [0.2, 0.25) is 0 Å². The number of unbranched alkanes of at least 4 members (excludes halogenated alkanes) is 1. The quantitative estimate of drug-likeness (QED) is 0.624. The molecule has 0 aliphatic rings. The molecule has 5 heteroatoms. The lowest BCUT2D eigenvalue weighted by Crippen LogP contribution is -2.44. The molecule has 0 bridgehead atoms. The van der Waals surface area contributed by atoms with E-state index in [0.717, 1.165) is 24.3 Å². The van der Waals surface area contributed by atoms with Gasteiger partial charge in [0.1, 0.15) is 6.04 Å². The highest BCUT2D eigenvalue weighted by molar-refractivity contribution is 7.99. The van der Waals surface area contributed by atoms with E-state index in [1.165, 1.54) is 0 Å². The molecular formula is C12H23NO3S. The largest absolute Gasteiger partial charge is 0.480 e. The average Bonchev–Trinajstić information content (AvgIpc) is 2.24. The molecule has 1 atom stereocenters. The summed E-state index contributed by atoms with van der Waals surface area (Å²) >= 11 is 1.74. The van der Waals surface area contributed by atoms with Gasteiger partial charge in [-0.15, -0.1) is 0 Å². The predicted molar refractivity (Wildman–Crippen MR) is 71.3 cm³/mol. The van der Waals surface area contributed by atoms with E-state index in [-0.39, 0.29) is 11.8 Å². The van der Waals surface area contributed by atoms with Crippen LogP contribution >= 0.6 is 11.8 Å². The molecule has 0 aromatic carbocycles. The summed E-state index contributed by atoms with van der Waals surface area (Å²) in [4.78, 5) is 22.4. The van der Waals surface area contributed by atoms with Crippen molar-refractivity contribution in [2.45, 2.75) is 46.1 Å². The first kappa shape index (κ1) is 16.3. The molecule has 0 fully saturated rings. The van der Waals surface area contributed by atoms with Crippen molar-refractivity contribution in [2.75, 3.05) is 11.5 Å². The number of rotatable bonds is 9. The van der Waals surface area contributed by atoms with Crippen LogP contribution in [0.15, 0.2) is 0 Å². The summed E-state index contributed by atoms with van der Waals surface area (Å²) in [5, 5.41) is 11.5. The Morgan fingerprint density at radius 2 is 1.94 bits per heavy atom. The summed E-state index contributed by atoms with van der Waals surface area (Å²) in [5.74, 6) is 0.596. The van der Waals surface area contributed by atoms with Gasteiger partial charge in [0.15, 0.2) is 0 Å². The van der Waals surface area contributed by atoms with Gasteiger partial charge in [-0.3, -0.25) is 4.79 Å². The second kappa shape index (κ2) is 9.33. The molecule has 0 aromatic heterocycles. The molecule has 0 aromatic rings. The zero-order valence-corrected chi connectivity index (χ0v) is 11.7. The SMILES string of the molecule is CCCCSCCC(=O)NC(C(=O)O)C(C)C. The highest BCUT2D eigenvalue weighted by atomic mass is 32.2. The lowest BCUT2D eigenvalue weighted by atomic mass is 10.0. The van der Waals surface area contributed by atoms with Crippen molar-refractivity contribution in [1.29, 1.82) is 0 Å². The smallest absolute Gasteiger partial charge is 0.326 e. The van der Waals surface area contributed by atoms with Gasteiger partial charge < -0.3 is 10.4 Å². The van der Waals surface area contributed by atoms with E-state index in [9.17, 15) is 9.59 Å². The van der Waals surface area contributed by atoms with Gasteiger partial charge in [0.05, 0.1) is 0 Å². The fourth-order valence-electron chi connectivity index (χ4n) is 1.27. The van der Waals surface area contributed by atoms with Crippen molar-refractivity contribution in [3.8, 4) is 0 Å². The molecule has 1 amide bonds. The highest BCUT2D eigenvalue weighted by Crippen LogP contribution is 2.07. The number of carboxylic acids is 1. The number of aliphatic carboxylic acids is 1. The minimum absolute atomic E-state index is 0.0933. The van der Waals surface area contributed by atoms with Crippen LogP contribution in [0.5, 0.6) is 0 Å². The first-order chi connectivity index (χ1) is 7.99. The number of hydrogen-bond acceptors (Lipinski definition) is 3. The minimum Gasteiger partial charge on any atom is -0.480 e. The Morgan fingerprint density at radius 3 is 2.41 bits per heavy atom. The predicted octanol–water partition coefficient (Wildman–Crippen LogP) is 2.14. The molecule has 0 radical (unpaired) electrons. The van der Waals surface area contributed by atoms with E-state index < -0.39 is 12.0 Å². The molecule has 0 rings (SSSR count). The van der Waals surface area contributed by atoms with E-state index in [1.54, 1.807) is 25.6 Å². The van der Waals surface area contributed by atoms with Crippen molar-refractivity contribution in [3.63, 3.8) is 0 Å². The van der Waals surface area contributed by atoms with E-state index >= 15 is 0 Å². The molecule has 4 nitrogen and oxygen atoms in total. The molecule has 0 aliphatic carbocycles. The van der Waals surface area contributed by atoms with E-state index in [0.29, 0.717) is 6.42 Å². The number of carbonyl (C=O) groups excluding carboxylic acids is 1. The Morgan fingerprint density at radius 1 is 1.29 bits per heavy atom. The van der Waals surface area contributed by atoms with Crippen LogP contribution in [0.1, 0.15) is 40.0 Å². The summed E-state index contributed by atoms with van der Waals surface area (Å²) in [5.41, 5.74) is 0. The zero-order valence-electron chi connectivity index (χ0n) is 10.9. The summed E-state index contributed by atoms with van der Waals surface area (Å²) in [6.45, 7) is 5.71. The number of nitrogens with one attached hydrogen (secondary N) is 1. The minimum atomic E-state index is -0.966. The molecule has 1 unspecified atom stereocenters. The fourth-order valence-corrected chi connectivity index (χ4v) is 2.30. The standard InChI is InChI=1S/C12H23NO3S/c1-4-5-7-17-8-6-10(14)13-11(9(2)3)12(15)16/h9,11H,4-8H2,1-3H3,(H,13,14)(H,15,16). The van der Waals surface area contributed by atoms with Crippen LogP contribution in [0, 0.1) is 5.92 Å². The fraction of sp³-hybridized carbons (Fsp3) is 0.833. The van der Waals surface area contributed by atoms with Crippen molar-refractivity contribution in [3.05, 3.63) is 0 Å². The lowest BCUT2D eigenvalue weighted by Gasteiger charge is -2.17. The average molecular weight is 261 g/mol. The van der Waals surface area contributed by atoms with Gasteiger partial charge in [-0.1, -0.05) is 27.2 Å². The topological polar surface area (TPSA) is 66.4 Å². The third-order valence-electron chi connectivity index (χ3n) is 2.36. The molecular weight excluding hydrogens is 238 g/mol. The second-order valence-electron chi connectivity index (χ2n) is 4.34. The Balaban J connectivity index is 3.80. The Kier molecular flexibility index (Phi) is 8.94. The molecule has 2 N–H and O–H groups in total. The van der Waals surface area contributed by atoms with Gasteiger partial charge >= 0.3 is 5.97 Å². The van der Waals surface area contributed by atoms with E-state index in [1.807, 2.05) is 0 Å². The van der Waals surface area contributed by atoms with Crippen LogP contribution in [0.3, 0.4) is 0 Å². The van der Waals surface area contributed by atoms with Crippen molar-refractivity contribution >= 4 is 23.6 Å². The number of carboxylic acid groups (broad SMARTS) is 1. The van der Waals surface area contributed by atoms with Crippen molar-refractivity contribution in [2.24, 2.45) is 5.92 Å². The third kappa shape index (κ3) is 8.07. The lowest BCUT2D eigenvalue weighted by molar-refractivity contribution is -0.143. The maximum atomic E-state index is 11.5. The number of hydrogen-bond donors (Lipinski definition) is 2. The van der Waals surface area contributed by atoms with E-state index in [4.69, 9.17) is 5.11 Å². The second-order valence-corrected chi connectivity index (χ2v) is 5.57. The summed E-state index contributed by atoms with van der Waals surface area (Å²) < 4.78 is 0. The first-order valence-electron chi connectivity index (χ1n) is 6.09. The zero-order chi connectivity index (χ0) is 13.3. The highest BCUT2D eigenvalue weighted by Gasteiger charge is 2.22. The third-order valence-corrected chi connectivity index (χ3v) is 3.44. The molecule has 0 spiro atoms. The van der Waals surface area contributed by atoms with Gasteiger partial charge in [-0.25, -0.2) is 4.79 Å². The summed E-state index contributed by atoms with van der Waals surface area (Å²) in [6, 6.07) is -0.775. The Hall–Kier alpha value is -0.710. The van der Waals surface area contributed by atoms with Gasteiger partial charge in [0, 0.05) is 12.2 Å². The number of carbonyl (C=O) groups is 2. The molecule has 0 saturated heterocycles. The first-order valence-corrected chi connectivity index (χ1v) is 7.24. The summed E-state index contributed by atoms with van der Waals surface area (Å²) in [7, 11) is 0. The summed E-state index contributed by atoms with van der Waals surface area (Å²) in [6.07, 6.45) is 2.72. The van der Waals surface area contributed by atoms with Gasteiger partial charge in [-0.2, -0.15) is 11.8 Å². The van der Waals surface area contributed by atoms with Crippen molar-refractivity contribution < 1.29 is 14.7 Å². The molecule has 0 aliphatic heterocycles. The molecule has 100 valence electrons. The molecule has 17 heavy (non-hydrogen) atoms. The van der Waals surface area contributed by atoms with Crippen LogP contribution in [-0.4, -0.2) is 34.5 Å². The van der Waals surface area contributed by atoms with Gasteiger partial charge in [-0.05, 0) is 18.1 Å². The Bertz CT molecular complexity index is 244. The van der Waals surface area contributed by atoms with Gasteiger partial charge in [0.25, 0.3) is 0 Å². The number of thioether (sulfide) groups is 1. The van der Waals surface area contributed by atoms with Crippen LogP contribution in [0.25, 0.3) is 0 Å². The molecule has 0 heterocycles. The van der Waals surface area contributed by atoms with Crippen LogP contribution in [0.4, 0.5) is 0 Å². The van der Waals surface area contributed by atoms with Crippen LogP contribution < -0.4 is 5.32 Å².